The number of aromatic nitrogens is 3. The first-order valence-corrected chi connectivity index (χ1v) is 7.92. The number of nitrogens with zero attached hydrogens (tertiary/aromatic N) is 3. The summed E-state index contributed by atoms with van der Waals surface area (Å²) in [4.78, 5) is 32.1. The van der Waals surface area contributed by atoms with E-state index in [1.54, 1.807) is 42.0 Å². The molecule has 0 bridgehead atoms. The molecule has 0 fully saturated rings. The predicted octanol–water partition coefficient (Wildman–Crippen LogP) is 1.24. The van der Waals surface area contributed by atoms with Crippen molar-refractivity contribution in [3.05, 3.63) is 52.8 Å². The van der Waals surface area contributed by atoms with Crippen molar-refractivity contribution in [2.45, 2.75) is 6.54 Å². The van der Waals surface area contributed by atoms with Crippen molar-refractivity contribution in [3.8, 4) is 11.4 Å². The molecule has 122 valence electrons. The molecular weight excluding hydrogens is 330 g/mol. The van der Waals surface area contributed by atoms with Crippen molar-refractivity contribution in [3.63, 3.8) is 0 Å². The summed E-state index contributed by atoms with van der Waals surface area (Å²) in [6.45, 7) is -0.0339. The average Bonchev–Trinajstić information content (AvgIpc) is 3.30. The number of hydrogen-bond donors (Lipinski definition) is 2. The molecule has 2 amide bonds. The van der Waals surface area contributed by atoms with Gasteiger partial charge in [0.15, 0.2) is 0 Å². The Morgan fingerprint density at radius 1 is 1.17 bits per heavy atom. The lowest BCUT2D eigenvalue weighted by atomic mass is 10.2. The molecule has 0 aliphatic carbocycles. The normalized spacial score (nSPS) is 10.3. The molecule has 0 aliphatic heterocycles. The molecule has 3 aromatic rings. The monoisotopic (exact) mass is 343 g/mol. The van der Waals surface area contributed by atoms with E-state index in [0.29, 0.717) is 10.7 Å². The number of carbonyl (C=O) groups is 2. The highest BCUT2D eigenvalue weighted by molar-refractivity contribution is 7.12. The maximum absolute atomic E-state index is 11.7. The predicted molar refractivity (Wildman–Crippen MR) is 86.0 cm³/mol. The van der Waals surface area contributed by atoms with Crippen LogP contribution in [0, 0.1) is 0 Å². The second kappa shape index (κ2) is 7.47. The highest BCUT2D eigenvalue weighted by Crippen LogP contribution is 2.13. The van der Waals surface area contributed by atoms with Crippen molar-refractivity contribution < 1.29 is 14.1 Å². The Morgan fingerprint density at radius 2 is 2.00 bits per heavy atom. The van der Waals surface area contributed by atoms with Gasteiger partial charge in [0.05, 0.1) is 18.0 Å². The third-order valence-electron chi connectivity index (χ3n) is 3.00. The summed E-state index contributed by atoms with van der Waals surface area (Å²) in [7, 11) is 0. The van der Waals surface area contributed by atoms with Crippen LogP contribution >= 0.6 is 11.3 Å². The van der Waals surface area contributed by atoms with Crippen LogP contribution < -0.4 is 10.6 Å². The van der Waals surface area contributed by atoms with Crippen LogP contribution in [0.4, 0.5) is 0 Å². The Bertz CT molecular complexity index is 817. The van der Waals surface area contributed by atoms with Gasteiger partial charge in [0.1, 0.15) is 0 Å². The first-order chi connectivity index (χ1) is 11.7. The number of thiophene rings is 1. The number of hydrogen-bond acceptors (Lipinski definition) is 7. The van der Waals surface area contributed by atoms with E-state index >= 15 is 0 Å². The fourth-order valence-electron chi connectivity index (χ4n) is 1.84. The zero-order chi connectivity index (χ0) is 16.8. The summed E-state index contributed by atoms with van der Waals surface area (Å²) >= 11 is 1.31. The van der Waals surface area contributed by atoms with E-state index in [-0.39, 0.29) is 30.8 Å². The van der Waals surface area contributed by atoms with E-state index in [2.05, 4.69) is 25.8 Å². The standard InChI is InChI=1S/C15H13N5O3S/c21-12(8-18-15(22)11-2-1-7-24-11)17-9-13-19-14(20-23-13)10-3-5-16-6-4-10/h1-7H,8-9H2,(H,17,21)(H,18,22). The second-order valence-corrected chi connectivity index (χ2v) is 5.63. The van der Waals surface area contributed by atoms with Crippen LogP contribution in [0.5, 0.6) is 0 Å². The molecule has 3 aromatic heterocycles. The number of carbonyl (C=O) groups excluding carboxylic acids is 2. The zero-order valence-corrected chi connectivity index (χ0v) is 13.2. The van der Waals surface area contributed by atoms with Gasteiger partial charge in [-0.25, -0.2) is 0 Å². The molecule has 2 N–H and O–H groups in total. The molecule has 0 saturated heterocycles. The second-order valence-electron chi connectivity index (χ2n) is 4.68. The maximum Gasteiger partial charge on any atom is 0.261 e. The summed E-state index contributed by atoms with van der Waals surface area (Å²) in [5.74, 6) is 0.0777. The van der Waals surface area contributed by atoms with E-state index in [4.69, 9.17) is 4.52 Å². The largest absolute Gasteiger partial charge is 0.345 e. The molecule has 24 heavy (non-hydrogen) atoms. The Balaban J connectivity index is 1.46. The number of rotatable bonds is 6. The van der Waals surface area contributed by atoms with Crippen molar-refractivity contribution in [1.29, 1.82) is 0 Å². The molecule has 8 nitrogen and oxygen atoms in total. The van der Waals surface area contributed by atoms with Gasteiger partial charge < -0.3 is 15.2 Å². The SMILES string of the molecule is O=C(CNC(=O)c1cccs1)NCc1nc(-c2ccncc2)no1. The van der Waals surface area contributed by atoms with Gasteiger partial charge in [-0.2, -0.15) is 4.98 Å². The first kappa shape index (κ1) is 15.8. The molecule has 0 atom stereocenters. The minimum absolute atomic E-state index is 0.0891. The quantitative estimate of drug-likeness (QED) is 0.697. The van der Waals surface area contributed by atoms with Crippen molar-refractivity contribution in [1.82, 2.24) is 25.8 Å². The molecule has 0 unspecified atom stereocenters. The Kier molecular flexibility index (Phi) is 4.92. The number of amides is 2. The summed E-state index contributed by atoms with van der Waals surface area (Å²) in [5, 5.41) is 10.8. The molecule has 0 aromatic carbocycles. The van der Waals surface area contributed by atoms with E-state index in [1.165, 1.54) is 11.3 Å². The molecule has 0 spiro atoms. The van der Waals surface area contributed by atoms with Crippen molar-refractivity contribution >= 4 is 23.2 Å². The van der Waals surface area contributed by atoms with Gasteiger partial charge in [0, 0.05) is 18.0 Å². The van der Waals surface area contributed by atoms with Crippen LogP contribution in [0.15, 0.2) is 46.6 Å². The molecule has 0 aliphatic rings. The summed E-state index contributed by atoms with van der Waals surface area (Å²) in [5.41, 5.74) is 0.773. The van der Waals surface area contributed by atoms with Gasteiger partial charge in [0.25, 0.3) is 5.91 Å². The van der Waals surface area contributed by atoms with Gasteiger partial charge >= 0.3 is 0 Å². The fourth-order valence-corrected chi connectivity index (χ4v) is 2.48. The van der Waals surface area contributed by atoms with Gasteiger partial charge in [0.2, 0.25) is 17.6 Å². The Morgan fingerprint density at radius 3 is 2.75 bits per heavy atom. The molecule has 9 heteroatoms. The minimum Gasteiger partial charge on any atom is -0.345 e. The third kappa shape index (κ3) is 4.02. The van der Waals surface area contributed by atoms with Crippen LogP contribution in [-0.4, -0.2) is 33.5 Å². The Labute approximate surface area is 140 Å². The van der Waals surface area contributed by atoms with Gasteiger partial charge in [-0.3, -0.25) is 14.6 Å². The lowest BCUT2D eigenvalue weighted by Crippen LogP contribution is -2.36. The zero-order valence-electron chi connectivity index (χ0n) is 12.4. The average molecular weight is 343 g/mol. The summed E-state index contributed by atoms with van der Waals surface area (Å²) < 4.78 is 5.07. The Hall–Kier alpha value is -3.07. The summed E-state index contributed by atoms with van der Waals surface area (Å²) in [6.07, 6.45) is 3.26. The van der Waals surface area contributed by atoms with E-state index in [1.807, 2.05) is 0 Å². The topological polar surface area (TPSA) is 110 Å². The van der Waals surface area contributed by atoms with Gasteiger partial charge in [-0.1, -0.05) is 11.2 Å². The molecule has 0 saturated carbocycles. The molecular formula is C15H13N5O3S. The van der Waals surface area contributed by atoms with Crippen LogP contribution in [0.3, 0.4) is 0 Å². The number of nitrogens with one attached hydrogen (secondary N) is 2. The van der Waals surface area contributed by atoms with Crippen LogP contribution in [0.2, 0.25) is 0 Å². The van der Waals surface area contributed by atoms with Gasteiger partial charge in [-0.05, 0) is 23.6 Å². The maximum atomic E-state index is 11.7. The molecule has 0 radical (unpaired) electrons. The van der Waals surface area contributed by atoms with Crippen LogP contribution in [-0.2, 0) is 11.3 Å². The third-order valence-corrected chi connectivity index (χ3v) is 3.87. The minimum atomic E-state index is -0.344. The lowest BCUT2D eigenvalue weighted by Gasteiger charge is -2.03. The lowest BCUT2D eigenvalue weighted by molar-refractivity contribution is -0.120. The highest BCUT2D eigenvalue weighted by Gasteiger charge is 2.11. The van der Waals surface area contributed by atoms with E-state index < -0.39 is 0 Å². The van der Waals surface area contributed by atoms with Crippen LogP contribution in [0.25, 0.3) is 11.4 Å². The van der Waals surface area contributed by atoms with Crippen LogP contribution in [0.1, 0.15) is 15.6 Å². The van der Waals surface area contributed by atoms with E-state index in [9.17, 15) is 9.59 Å². The summed E-state index contributed by atoms with van der Waals surface area (Å²) in [6, 6.07) is 6.98. The van der Waals surface area contributed by atoms with Crippen molar-refractivity contribution in [2.75, 3.05) is 6.54 Å². The first-order valence-electron chi connectivity index (χ1n) is 7.04. The van der Waals surface area contributed by atoms with Gasteiger partial charge in [-0.15, -0.1) is 11.3 Å². The molecule has 3 heterocycles. The molecule has 3 rings (SSSR count). The fraction of sp³-hybridized carbons (Fsp3) is 0.133. The smallest absolute Gasteiger partial charge is 0.261 e. The number of pyridine rings is 1. The van der Waals surface area contributed by atoms with Crippen molar-refractivity contribution in [2.24, 2.45) is 0 Å². The van der Waals surface area contributed by atoms with E-state index in [0.717, 1.165) is 5.56 Å². The highest BCUT2D eigenvalue weighted by atomic mass is 32.1.